The summed E-state index contributed by atoms with van der Waals surface area (Å²) in [5.74, 6) is -0.858. The van der Waals surface area contributed by atoms with Crippen molar-refractivity contribution >= 4 is 17.9 Å². The van der Waals surface area contributed by atoms with Gasteiger partial charge < -0.3 is 14.2 Å². The van der Waals surface area contributed by atoms with Gasteiger partial charge >= 0.3 is 17.9 Å². The molecule has 0 rings (SSSR count). The van der Waals surface area contributed by atoms with E-state index in [2.05, 4.69) is 69.4 Å². The van der Waals surface area contributed by atoms with Crippen molar-refractivity contribution in [1.82, 2.24) is 0 Å². The molecule has 0 amide bonds. The lowest BCUT2D eigenvalue weighted by Gasteiger charge is -2.18. The Bertz CT molecular complexity index is 1430. The summed E-state index contributed by atoms with van der Waals surface area (Å²) in [5.41, 5.74) is 0. The molecule has 0 fully saturated rings. The molecule has 0 spiro atoms. The first-order chi connectivity index (χ1) is 41.0. The number of esters is 3. The monoisotopic (exact) mass is 1160 g/mol. The van der Waals surface area contributed by atoms with Crippen molar-refractivity contribution in [2.45, 2.75) is 412 Å². The molecule has 1 atom stereocenters. The average Bonchev–Trinajstić information content (AvgIpc) is 3.49. The van der Waals surface area contributed by atoms with Crippen LogP contribution in [-0.4, -0.2) is 37.2 Å². The van der Waals surface area contributed by atoms with E-state index in [1.165, 1.54) is 276 Å². The first-order valence-corrected chi connectivity index (χ1v) is 37.1. The lowest BCUT2D eigenvalue weighted by Crippen LogP contribution is -2.30. The summed E-state index contributed by atoms with van der Waals surface area (Å²) in [6.45, 7) is 6.62. The van der Waals surface area contributed by atoms with Crippen LogP contribution in [-0.2, 0) is 28.6 Å². The summed E-state index contributed by atoms with van der Waals surface area (Å²) in [7, 11) is 0. The minimum absolute atomic E-state index is 0.0715. The van der Waals surface area contributed by atoms with Gasteiger partial charge in [-0.3, -0.25) is 14.4 Å². The molecule has 0 N–H and O–H groups in total. The van der Waals surface area contributed by atoms with Gasteiger partial charge in [0.1, 0.15) is 13.2 Å². The fourth-order valence-corrected chi connectivity index (χ4v) is 11.2. The van der Waals surface area contributed by atoms with Crippen LogP contribution < -0.4 is 0 Å². The molecule has 1 unspecified atom stereocenters. The molecule has 0 aliphatic heterocycles. The second-order valence-corrected chi connectivity index (χ2v) is 25.2. The lowest BCUT2D eigenvalue weighted by molar-refractivity contribution is -0.167. The second kappa shape index (κ2) is 71.8. The third-order valence-electron chi connectivity index (χ3n) is 16.8. The van der Waals surface area contributed by atoms with Crippen molar-refractivity contribution in [2.24, 2.45) is 0 Å². The molecule has 0 radical (unpaired) electrons. The highest BCUT2D eigenvalue weighted by Gasteiger charge is 2.19. The van der Waals surface area contributed by atoms with Crippen molar-refractivity contribution < 1.29 is 28.6 Å². The van der Waals surface area contributed by atoms with E-state index in [0.29, 0.717) is 19.3 Å². The smallest absolute Gasteiger partial charge is 0.306 e. The largest absolute Gasteiger partial charge is 0.462 e. The minimum atomic E-state index is -0.776. The minimum Gasteiger partial charge on any atom is -0.462 e. The third-order valence-corrected chi connectivity index (χ3v) is 16.8. The van der Waals surface area contributed by atoms with Crippen molar-refractivity contribution in [1.29, 1.82) is 0 Å². The second-order valence-electron chi connectivity index (χ2n) is 25.2. The predicted octanol–water partition coefficient (Wildman–Crippen LogP) is 25.7. The maximum Gasteiger partial charge on any atom is 0.306 e. The maximum atomic E-state index is 12.9. The van der Waals surface area contributed by atoms with Gasteiger partial charge in [0.25, 0.3) is 0 Å². The van der Waals surface area contributed by atoms with Crippen LogP contribution >= 0.6 is 0 Å². The van der Waals surface area contributed by atoms with Crippen LogP contribution in [0.4, 0.5) is 0 Å². The molecule has 0 saturated heterocycles. The highest BCUT2D eigenvalue weighted by molar-refractivity contribution is 5.71. The Morgan fingerprint density at radius 3 is 0.711 bits per heavy atom. The maximum absolute atomic E-state index is 12.9. The number of allylic oxidation sites excluding steroid dienone is 8. The molecule has 0 saturated carbocycles. The first-order valence-electron chi connectivity index (χ1n) is 37.1. The topological polar surface area (TPSA) is 78.9 Å². The summed E-state index contributed by atoms with van der Waals surface area (Å²) in [6, 6.07) is 0. The van der Waals surface area contributed by atoms with Crippen LogP contribution in [0, 0.1) is 0 Å². The van der Waals surface area contributed by atoms with Crippen molar-refractivity contribution in [2.75, 3.05) is 13.2 Å². The number of carbonyl (C=O) groups is 3. The summed E-state index contributed by atoms with van der Waals surface area (Å²) in [4.78, 5) is 38.4. The fourth-order valence-electron chi connectivity index (χ4n) is 11.2. The zero-order valence-electron chi connectivity index (χ0n) is 56.0. The Balaban J connectivity index is 4.07. The fraction of sp³-hybridized carbons (Fsp3) is 0.857. The van der Waals surface area contributed by atoms with E-state index in [1.807, 2.05) is 0 Å². The van der Waals surface area contributed by atoms with Crippen LogP contribution in [0.2, 0.25) is 0 Å². The van der Waals surface area contributed by atoms with E-state index in [4.69, 9.17) is 14.2 Å². The van der Waals surface area contributed by atoms with Gasteiger partial charge in [0.05, 0.1) is 0 Å². The van der Waals surface area contributed by atoms with E-state index in [0.717, 1.165) is 89.9 Å². The molecule has 0 bridgehead atoms. The number of hydrogen-bond donors (Lipinski definition) is 0. The van der Waals surface area contributed by atoms with E-state index < -0.39 is 6.10 Å². The van der Waals surface area contributed by atoms with Gasteiger partial charge in [0.15, 0.2) is 6.10 Å². The SMILES string of the molecule is CCC/C=C\C/C=C\CCCCCCCC(=O)OCC(COC(=O)CCCCCCCCCCCCCCCCCCCCCCCCC/C=C\C/C=C\CCCCCCC)OC(=O)CCCCCCCCCCCCCCCCCCC. The zero-order chi connectivity index (χ0) is 59.9. The van der Waals surface area contributed by atoms with Gasteiger partial charge in [-0.1, -0.05) is 358 Å². The Labute approximate surface area is 518 Å². The van der Waals surface area contributed by atoms with E-state index in [-0.39, 0.29) is 31.1 Å². The normalized spacial score (nSPS) is 12.3. The Morgan fingerprint density at radius 1 is 0.241 bits per heavy atom. The number of carbonyl (C=O) groups excluding carboxylic acids is 3. The zero-order valence-corrected chi connectivity index (χ0v) is 56.0. The summed E-state index contributed by atoms with van der Waals surface area (Å²) in [5, 5.41) is 0. The summed E-state index contributed by atoms with van der Waals surface area (Å²) >= 11 is 0. The van der Waals surface area contributed by atoms with Crippen LogP contribution in [0.15, 0.2) is 48.6 Å². The third kappa shape index (κ3) is 70.0. The molecular weight excluding hydrogens is 1020 g/mol. The quantitative estimate of drug-likeness (QED) is 0.0261. The van der Waals surface area contributed by atoms with E-state index >= 15 is 0 Å². The molecule has 6 heteroatoms. The Morgan fingerprint density at radius 2 is 0.458 bits per heavy atom. The van der Waals surface area contributed by atoms with Gasteiger partial charge in [0.2, 0.25) is 0 Å². The molecule has 6 nitrogen and oxygen atoms in total. The van der Waals surface area contributed by atoms with E-state index in [1.54, 1.807) is 0 Å². The number of hydrogen-bond acceptors (Lipinski definition) is 6. The van der Waals surface area contributed by atoms with Crippen LogP contribution in [0.5, 0.6) is 0 Å². The van der Waals surface area contributed by atoms with Gasteiger partial charge in [-0.2, -0.15) is 0 Å². The molecule has 0 aromatic rings. The van der Waals surface area contributed by atoms with Crippen molar-refractivity contribution in [3.05, 3.63) is 48.6 Å². The van der Waals surface area contributed by atoms with Gasteiger partial charge in [0, 0.05) is 19.3 Å². The van der Waals surface area contributed by atoms with Gasteiger partial charge in [-0.25, -0.2) is 0 Å². The molecule has 0 aromatic heterocycles. The van der Waals surface area contributed by atoms with Crippen LogP contribution in [0.25, 0.3) is 0 Å². The van der Waals surface area contributed by atoms with Crippen LogP contribution in [0.3, 0.4) is 0 Å². The molecule has 0 aliphatic rings. The number of rotatable bonds is 69. The molecule has 0 aliphatic carbocycles. The standard InChI is InChI=1S/C77H142O6/c1-4-7-10-13-16-19-22-25-27-29-30-31-32-33-34-35-36-37-38-39-40-41-42-43-44-45-46-48-49-52-55-58-61-64-67-70-76(79)82-73-74(72-81-75(78)69-66-63-60-57-54-51-24-21-18-15-12-9-6-3)83-77(80)71-68-65-62-59-56-53-50-47-28-26-23-20-17-14-11-8-5-2/h12,15,21-22,24-25,29-30,74H,4-11,13-14,16-20,23,26-28,31-73H2,1-3H3/b15-12-,24-21-,25-22-,30-29-. The molecule has 83 heavy (non-hydrogen) atoms. The van der Waals surface area contributed by atoms with E-state index in [9.17, 15) is 14.4 Å². The highest BCUT2D eigenvalue weighted by atomic mass is 16.6. The molecule has 486 valence electrons. The van der Waals surface area contributed by atoms with Crippen molar-refractivity contribution in [3.8, 4) is 0 Å². The summed E-state index contributed by atoms with van der Waals surface area (Å²) in [6.07, 6.45) is 91.7. The average molecular weight is 1160 g/mol. The number of unbranched alkanes of at least 4 members (excludes halogenated alkanes) is 50. The van der Waals surface area contributed by atoms with Gasteiger partial charge in [-0.15, -0.1) is 0 Å². The lowest BCUT2D eigenvalue weighted by atomic mass is 10.0. The molecule has 0 aromatic carbocycles. The Hall–Kier alpha value is -2.63. The van der Waals surface area contributed by atoms with Gasteiger partial charge in [-0.05, 0) is 77.0 Å². The van der Waals surface area contributed by atoms with Crippen molar-refractivity contribution in [3.63, 3.8) is 0 Å². The number of ether oxygens (including phenoxy) is 3. The molecule has 0 heterocycles. The molecular formula is C77H142O6. The predicted molar refractivity (Wildman–Crippen MR) is 362 cm³/mol. The first kappa shape index (κ1) is 80.4. The van der Waals surface area contributed by atoms with Crippen LogP contribution in [0.1, 0.15) is 406 Å². The Kier molecular flexibility index (Phi) is 69.6. The summed E-state index contributed by atoms with van der Waals surface area (Å²) < 4.78 is 17.0. The highest BCUT2D eigenvalue weighted by Crippen LogP contribution is 2.19.